The number of benzene rings is 1. The Labute approximate surface area is 153 Å². The number of aromatic nitrogens is 1. The van der Waals surface area contributed by atoms with Crippen LogP contribution in [0.5, 0.6) is 5.75 Å². The van der Waals surface area contributed by atoms with Gasteiger partial charge in [0.1, 0.15) is 5.75 Å². The predicted octanol–water partition coefficient (Wildman–Crippen LogP) is 1.56. The molecule has 0 amide bonds. The van der Waals surface area contributed by atoms with Crippen molar-refractivity contribution in [3.63, 3.8) is 0 Å². The second-order valence-electron chi connectivity index (χ2n) is 5.27. The summed E-state index contributed by atoms with van der Waals surface area (Å²) < 4.78 is 5.72. The first-order valence-corrected chi connectivity index (χ1v) is 7.74. The SMILES string of the molecule is O=CO.O=CO.O=c1ccc2cc3c(cc2[nH]1)CN1CC=NC=C1C=CO3. The van der Waals surface area contributed by atoms with Gasteiger partial charge in [0.25, 0.3) is 12.9 Å². The average molecular weight is 371 g/mol. The molecule has 9 nitrogen and oxygen atoms in total. The van der Waals surface area contributed by atoms with Gasteiger partial charge in [0.2, 0.25) is 5.56 Å². The normalized spacial score (nSPS) is 13.8. The molecule has 0 spiro atoms. The van der Waals surface area contributed by atoms with Gasteiger partial charge < -0.3 is 24.8 Å². The van der Waals surface area contributed by atoms with E-state index in [2.05, 4.69) is 14.9 Å². The molecule has 0 radical (unpaired) electrons. The number of pyridine rings is 1. The number of nitrogens with one attached hydrogen (secondary N) is 1. The molecular formula is C18H17N3O6. The van der Waals surface area contributed by atoms with Crippen LogP contribution in [-0.2, 0) is 16.1 Å². The largest absolute Gasteiger partial charge is 0.483 e. The van der Waals surface area contributed by atoms with Crippen LogP contribution in [0.4, 0.5) is 0 Å². The Kier molecular flexibility index (Phi) is 6.89. The van der Waals surface area contributed by atoms with E-state index >= 15 is 0 Å². The molecule has 0 unspecified atom stereocenters. The van der Waals surface area contributed by atoms with E-state index in [1.165, 1.54) is 6.07 Å². The number of hydrogen-bond donors (Lipinski definition) is 3. The summed E-state index contributed by atoms with van der Waals surface area (Å²) in [5.74, 6) is 0.812. The number of carboxylic acid groups (broad SMARTS) is 2. The van der Waals surface area contributed by atoms with Crippen molar-refractivity contribution < 1.29 is 24.5 Å². The van der Waals surface area contributed by atoms with E-state index in [9.17, 15) is 4.79 Å². The van der Waals surface area contributed by atoms with Crippen molar-refractivity contribution in [1.82, 2.24) is 9.88 Å². The Morgan fingerprint density at radius 2 is 1.93 bits per heavy atom. The van der Waals surface area contributed by atoms with Crippen molar-refractivity contribution in [1.29, 1.82) is 0 Å². The van der Waals surface area contributed by atoms with Crippen molar-refractivity contribution in [2.45, 2.75) is 6.54 Å². The van der Waals surface area contributed by atoms with Gasteiger partial charge in [-0.3, -0.25) is 19.4 Å². The van der Waals surface area contributed by atoms with Crippen LogP contribution in [0.3, 0.4) is 0 Å². The molecule has 1 aromatic carbocycles. The van der Waals surface area contributed by atoms with E-state index < -0.39 is 0 Å². The zero-order valence-electron chi connectivity index (χ0n) is 14.1. The van der Waals surface area contributed by atoms with Crippen molar-refractivity contribution in [3.05, 3.63) is 64.4 Å². The first kappa shape index (κ1) is 19.4. The van der Waals surface area contributed by atoms with Gasteiger partial charge in [0.15, 0.2) is 0 Å². The summed E-state index contributed by atoms with van der Waals surface area (Å²) in [6.45, 7) is 0.976. The van der Waals surface area contributed by atoms with Gasteiger partial charge in [-0.05, 0) is 24.3 Å². The van der Waals surface area contributed by atoms with Gasteiger partial charge in [0.05, 0.1) is 18.5 Å². The monoisotopic (exact) mass is 371 g/mol. The van der Waals surface area contributed by atoms with Crippen LogP contribution in [0, 0.1) is 0 Å². The molecule has 3 N–H and O–H groups in total. The minimum absolute atomic E-state index is 0.0974. The quantitative estimate of drug-likeness (QED) is 0.599. The number of rotatable bonds is 0. The summed E-state index contributed by atoms with van der Waals surface area (Å²) in [6.07, 6.45) is 7.28. The molecule has 4 rings (SSSR count). The molecule has 2 aliphatic heterocycles. The third-order valence-electron chi connectivity index (χ3n) is 3.68. The minimum Gasteiger partial charge on any atom is -0.483 e. The van der Waals surface area contributed by atoms with E-state index in [0.717, 1.165) is 34.5 Å². The lowest BCUT2D eigenvalue weighted by molar-refractivity contribution is -0.123. The molecule has 3 heterocycles. The number of H-pyrrole nitrogens is 1. The number of nitrogens with zero attached hydrogens (tertiary/aromatic N) is 2. The molecule has 2 aliphatic rings. The number of carbonyl (C=O) groups is 2. The molecule has 0 atom stereocenters. The number of hydrogen-bond acceptors (Lipinski definition) is 6. The molecule has 0 aliphatic carbocycles. The maximum absolute atomic E-state index is 11.5. The Hall–Kier alpha value is -3.88. The van der Waals surface area contributed by atoms with Gasteiger partial charge in [-0.2, -0.15) is 0 Å². The highest BCUT2D eigenvalue weighted by Gasteiger charge is 2.16. The number of ether oxygens (including phenoxy) is 1. The number of aliphatic imine (C=N–C) groups is 1. The third-order valence-corrected chi connectivity index (χ3v) is 3.68. The van der Waals surface area contributed by atoms with Crippen LogP contribution in [0.25, 0.3) is 10.9 Å². The van der Waals surface area contributed by atoms with Crippen LogP contribution < -0.4 is 10.3 Å². The van der Waals surface area contributed by atoms with Crippen molar-refractivity contribution in [2.75, 3.05) is 6.54 Å². The molecule has 2 aromatic rings. The Morgan fingerprint density at radius 1 is 1.19 bits per heavy atom. The molecule has 27 heavy (non-hydrogen) atoms. The van der Waals surface area contributed by atoms with Crippen LogP contribution in [0.1, 0.15) is 5.56 Å². The zero-order valence-corrected chi connectivity index (χ0v) is 14.1. The van der Waals surface area contributed by atoms with E-state index in [1.54, 1.807) is 12.3 Å². The standard InChI is InChI=1S/C16H13N3O2.2CH2O2/c20-16-2-1-11-8-15-12(7-14(11)18-16)10-19-5-4-17-9-13(19)3-6-21-15;2*2-1-3/h1-4,6-9H,5,10H2,(H,18,20);2*1H,(H,2,3). The van der Waals surface area contributed by atoms with Gasteiger partial charge >= 0.3 is 0 Å². The zero-order chi connectivity index (χ0) is 19.6. The van der Waals surface area contributed by atoms with Gasteiger partial charge in [-0.15, -0.1) is 0 Å². The van der Waals surface area contributed by atoms with E-state index in [0.29, 0.717) is 6.54 Å². The fourth-order valence-electron chi connectivity index (χ4n) is 2.61. The van der Waals surface area contributed by atoms with E-state index in [4.69, 9.17) is 24.5 Å². The average Bonchev–Trinajstić information content (AvgIpc) is 2.63. The molecule has 140 valence electrons. The maximum Gasteiger partial charge on any atom is 0.290 e. The molecule has 0 fully saturated rings. The highest BCUT2D eigenvalue weighted by molar-refractivity contribution is 5.81. The molecule has 0 bridgehead atoms. The van der Waals surface area contributed by atoms with Gasteiger partial charge in [0, 0.05) is 41.5 Å². The second-order valence-corrected chi connectivity index (χ2v) is 5.27. The molecule has 0 saturated carbocycles. The van der Waals surface area contributed by atoms with Crippen molar-refractivity contribution >= 4 is 30.1 Å². The molecule has 1 aromatic heterocycles. The number of allylic oxidation sites excluding steroid dienone is 1. The molecular weight excluding hydrogens is 354 g/mol. The van der Waals surface area contributed by atoms with Crippen LogP contribution in [-0.4, -0.2) is 45.8 Å². The minimum atomic E-state index is -0.250. The Morgan fingerprint density at radius 3 is 2.67 bits per heavy atom. The summed E-state index contributed by atoms with van der Waals surface area (Å²) in [7, 11) is 0. The second kappa shape index (κ2) is 9.56. The summed E-state index contributed by atoms with van der Waals surface area (Å²) in [5, 5.41) is 14.7. The van der Waals surface area contributed by atoms with E-state index in [1.807, 2.05) is 30.6 Å². The summed E-state index contributed by atoms with van der Waals surface area (Å²) in [5.41, 5.74) is 2.78. The summed E-state index contributed by atoms with van der Waals surface area (Å²) in [6, 6.07) is 7.26. The van der Waals surface area contributed by atoms with Crippen LogP contribution in [0.15, 0.2) is 58.3 Å². The van der Waals surface area contributed by atoms with Crippen molar-refractivity contribution in [2.24, 2.45) is 4.99 Å². The maximum atomic E-state index is 11.5. The van der Waals surface area contributed by atoms with Crippen molar-refractivity contribution in [3.8, 4) is 5.75 Å². The number of fused-ring (bicyclic) bond motifs is 3. The molecule has 9 heteroatoms. The topological polar surface area (TPSA) is 132 Å². The first-order valence-electron chi connectivity index (χ1n) is 7.74. The molecule has 0 saturated heterocycles. The lowest BCUT2D eigenvalue weighted by Crippen LogP contribution is -2.27. The lowest BCUT2D eigenvalue weighted by atomic mass is 10.1. The predicted molar refractivity (Wildman–Crippen MR) is 98.7 cm³/mol. The highest BCUT2D eigenvalue weighted by Crippen LogP contribution is 2.29. The summed E-state index contributed by atoms with van der Waals surface area (Å²) >= 11 is 0. The van der Waals surface area contributed by atoms with Crippen LogP contribution in [0.2, 0.25) is 0 Å². The summed E-state index contributed by atoms with van der Waals surface area (Å²) in [4.78, 5) is 37.4. The lowest BCUT2D eigenvalue weighted by Gasteiger charge is -2.28. The fourth-order valence-corrected chi connectivity index (χ4v) is 2.61. The van der Waals surface area contributed by atoms with Crippen LogP contribution >= 0.6 is 0 Å². The smallest absolute Gasteiger partial charge is 0.290 e. The van der Waals surface area contributed by atoms with Gasteiger partial charge in [-0.25, -0.2) is 0 Å². The first-order chi connectivity index (χ1) is 13.1. The highest BCUT2D eigenvalue weighted by atomic mass is 16.5. The van der Waals surface area contributed by atoms with Gasteiger partial charge in [-0.1, -0.05) is 0 Å². The number of aromatic amines is 1. The fraction of sp³-hybridized carbons (Fsp3) is 0.111. The Bertz CT molecular complexity index is 955. The third kappa shape index (κ3) is 5.05. The van der Waals surface area contributed by atoms with E-state index in [-0.39, 0.29) is 18.5 Å². The Balaban J connectivity index is 0.000000389.